The van der Waals surface area contributed by atoms with Crippen molar-refractivity contribution < 1.29 is 4.79 Å². The number of thioether (sulfide) groups is 1. The third-order valence-electron chi connectivity index (χ3n) is 2.89. The van der Waals surface area contributed by atoms with Gasteiger partial charge < -0.3 is 0 Å². The number of nitrogens with two attached hydrogens (primary N) is 1. The second-order valence-electron chi connectivity index (χ2n) is 4.24. The number of nitrogens with one attached hydrogen (secondary N) is 1. The minimum Gasteiger partial charge on any atom is -0.294 e. The Labute approximate surface area is 131 Å². The first-order valence-electron chi connectivity index (χ1n) is 6.14. The van der Waals surface area contributed by atoms with E-state index in [9.17, 15) is 4.79 Å². The number of hydrogen-bond acceptors (Lipinski definition) is 3. The highest BCUT2D eigenvalue weighted by Crippen LogP contribution is 2.27. The van der Waals surface area contributed by atoms with Crippen LogP contribution in [0, 0.1) is 0 Å². The molecule has 0 aliphatic carbocycles. The van der Waals surface area contributed by atoms with Gasteiger partial charge in [0.1, 0.15) is 0 Å². The Morgan fingerprint density at radius 2 is 1.80 bits per heavy atom. The van der Waals surface area contributed by atoms with Crippen molar-refractivity contribution in [1.29, 1.82) is 0 Å². The van der Waals surface area contributed by atoms with E-state index in [2.05, 4.69) is 21.4 Å². The average Bonchev–Trinajstić information content (AvgIpc) is 2.50. The first-order chi connectivity index (χ1) is 9.70. The largest absolute Gasteiger partial charge is 0.294 e. The topological polar surface area (TPSA) is 55.1 Å². The Balaban J connectivity index is 2.09. The van der Waals surface area contributed by atoms with E-state index in [1.54, 1.807) is 11.8 Å². The van der Waals surface area contributed by atoms with E-state index in [1.807, 2.05) is 54.6 Å². The molecule has 104 valence electrons. The standard InChI is InChI=1S/C15H15BrN2OS/c16-12-6-8-13(9-7-12)20-10-14(15(19)18-17)11-4-2-1-3-5-11/h1-9,14H,10,17H2,(H,18,19). The number of benzene rings is 2. The molecule has 1 atom stereocenters. The molecular formula is C15H15BrN2OS. The van der Waals surface area contributed by atoms with Crippen LogP contribution in [0.3, 0.4) is 0 Å². The molecule has 0 fully saturated rings. The minimum atomic E-state index is -0.255. The van der Waals surface area contributed by atoms with Gasteiger partial charge in [0, 0.05) is 15.1 Å². The summed E-state index contributed by atoms with van der Waals surface area (Å²) < 4.78 is 1.04. The van der Waals surface area contributed by atoms with Crippen LogP contribution in [0.4, 0.5) is 0 Å². The molecule has 2 aromatic rings. The number of halogens is 1. The second kappa shape index (κ2) is 7.47. The fourth-order valence-corrected chi connectivity index (χ4v) is 3.12. The van der Waals surface area contributed by atoms with Gasteiger partial charge in [0.05, 0.1) is 5.92 Å². The van der Waals surface area contributed by atoms with Crippen LogP contribution in [0.2, 0.25) is 0 Å². The quantitative estimate of drug-likeness (QED) is 0.376. The molecule has 0 aliphatic rings. The van der Waals surface area contributed by atoms with Crippen molar-refractivity contribution in [1.82, 2.24) is 5.43 Å². The van der Waals surface area contributed by atoms with Crippen LogP contribution in [0.1, 0.15) is 11.5 Å². The molecule has 0 radical (unpaired) electrons. The highest BCUT2D eigenvalue weighted by Gasteiger charge is 2.19. The van der Waals surface area contributed by atoms with Gasteiger partial charge in [0.2, 0.25) is 5.91 Å². The summed E-state index contributed by atoms with van der Waals surface area (Å²) in [6.07, 6.45) is 0. The second-order valence-corrected chi connectivity index (χ2v) is 6.25. The summed E-state index contributed by atoms with van der Waals surface area (Å²) in [4.78, 5) is 13.1. The van der Waals surface area contributed by atoms with E-state index in [1.165, 1.54) is 0 Å². The van der Waals surface area contributed by atoms with Crippen LogP contribution in [0.5, 0.6) is 0 Å². The lowest BCUT2D eigenvalue weighted by atomic mass is 10.0. The molecule has 0 bridgehead atoms. The Hall–Kier alpha value is -1.30. The summed E-state index contributed by atoms with van der Waals surface area (Å²) in [6, 6.07) is 17.7. The molecule has 3 N–H and O–H groups in total. The van der Waals surface area contributed by atoms with E-state index in [-0.39, 0.29) is 11.8 Å². The fourth-order valence-electron chi connectivity index (χ4n) is 1.82. The first kappa shape index (κ1) is 15.1. The predicted molar refractivity (Wildman–Crippen MR) is 86.4 cm³/mol. The smallest absolute Gasteiger partial charge is 0.242 e. The van der Waals surface area contributed by atoms with Crippen LogP contribution in [-0.2, 0) is 4.79 Å². The third-order valence-corrected chi connectivity index (χ3v) is 4.53. The van der Waals surface area contributed by atoms with Gasteiger partial charge in [-0.15, -0.1) is 11.8 Å². The Morgan fingerprint density at radius 3 is 2.40 bits per heavy atom. The average molecular weight is 351 g/mol. The van der Waals surface area contributed by atoms with Crippen LogP contribution in [0.15, 0.2) is 64.0 Å². The number of carbonyl (C=O) groups excluding carboxylic acids is 1. The molecule has 5 heteroatoms. The molecule has 3 nitrogen and oxygen atoms in total. The molecule has 0 saturated heterocycles. The van der Waals surface area contributed by atoms with Crippen molar-refractivity contribution in [2.45, 2.75) is 10.8 Å². The molecule has 1 unspecified atom stereocenters. The molecule has 2 rings (SSSR count). The van der Waals surface area contributed by atoms with Crippen molar-refractivity contribution in [3.05, 3.63) is 64.6 Å². The Bertz CT molecular complexity index is 560. The number of rotatable bonds is 5. The molecule has 2 aromatic carbocycles. The van der Waals surface area contributed by atoms with Gasteiger partial charge >= 0.3 is 0 Å². The summed E-state index contributed by atoms with van der Waals surface area (Å²) in [5.41, 5.74) is 3.22. The van der Waals surface area contributed by atoms with Gasteiger partial charge in [-0.3, -0.25) is 10.2 Å². The van der Waals surface area contributed by atoms with E-state index < -0.39 is 0 Å². The summed E-state index contributed by atoms with van der Waals surface area (Å²) in [6.45, 7) is 0. The molecule has 0 heterocycles. The lowest BCUT2D eigenvalue weighted by Gasteiger charge is -2.15. The summed E-state index contributed by atoms with van der Waals surface area (Å²) >= 11 is 5.05. The lowest BCUT2D eigenvalue weighted by molar-refractivity contribution is -0.122. The Morgan fingerprint density at radius 1 is 1.15 bits per heavy atom. The van der Waals surface area contributed by atoms with Gasteiger partial charge in [0.15, 0.2) is 0 Å². The summed E-state index contributed by atoms with van der Waals surface area (Å²) in [7, 11) is 0. The van der Waals surface area contributed by atoms with E-state index in [0.717, 1.165) is 14.9 Å². The van der Waals surface area contributed by atoms with Gasteiger partial charge in [-0.25, -0.2) is 5.84 Å². The van der Waals surface area contributed by atoms with Gasteiger partial charge in [-0.05, 0) is 29.8 Å². The maximum atomic E-state index is 11.9. The van der Waals surface area contributed by atoms with Crippen LogP contribution < -0.4 is 11.3 Å². The SMILES string of the molecule is NNC(=O)C(CSc1ccc(Br)cc1)c1ccccc1. The molecule has 1 amide bonds. The number of hydrogen-bond donors (Lipinski definition) is 2. The predicted octanol–water partition coefficient (Wildman–Crippen LogP) is 3.31. The summed E-state index contributed by atoms with van der Waals surface area (Å²) in [5, 5.41) is 0. The van der Waals surface area contributed by atoms with Gasteiger partial charge in [-0.1, -0.05) is 46.3 Å². The molecular weight excluding hydrogens is 336 g/mol. The number of amides is 1. The van der Waals surface area contributed by atoms with Crippen molar-refractivity contribution in [2.24, 2.45) is 5.84 Å². The maximum Gasteiger partial charge on any atom is 0.242 e. The van der Waals surface area contributed by atoms with Gasteiger partial charge in [-0.2, -0.15) is 0 Å². The fraction of sp³-hybridized carbons (Fsp3) is 0.133. The van der Waals surface area contributed by atoms with Crippen molar-refractivity contribution >= 4 is 33.6 Å². The van der Waals surface area contributed by atoms with Crippen molar-refractivity contribution in [3.63, 3.8) is 0 Å². The Kier molecular flexibility index (Phi) is 5.64. The zero-order chi connectivity index (χ0) is 14.4. The van der Waals surface area contributed by atoms with E-state index in [4.69, 9.17) is 5.84 Å². The van der Waals surface area contributed by atoms with Crippen LogP contribution >= 0.6 is 27.7 Å². The van der Waals surface area contributed by atoms with Crippen molar-refractivity contribution in [2.75, 3.05) is 5.75 Å². The normalized spacial score (nSPS) is 11.9. The third kappa shape index (κ3) is 4.10. The molecule has 20 heavy (non-hydrogen) atoms. The van der Waals surface area contributed by atoms with Crippen LogP contribution in [-0.4, -0.2) is 11.7 Å². The number of hydrazine groups is 1. The zero-order valence-corrected chi connectivity index (χ0v) is 13.2. The zero-order valence-electron chi connectivity index (χ0n) is 10.8. The highest BCUT2D eigenvalue weighted by atomic mass is 79.9. The maximum absolute atomic E-state index is 11.9. The van der Waals surface area contributed by atoms with Gasteiger partial charge in [0.25, 0.3) is 0 Å². The molecule has 0 saturated carbocycles. The number of carbonyl (C=O) groups is 1. The lowest BCUT2D eigenvalue weighted by Crippen LogP contribution is -2.35. The van der Waals surface area contributed by atoms with E-state index >= 15 is 0 Å². The summed E-state index contributed by atoms with van der Waals surface area (Å²) in [5.74, 6) is 5.51. The first-order valence-corrected chi connectivity index (χ1v) is 7.92. The molecule has 0 spiro atoms. The minimum absolute atomic E-state index is 0.166. The van der Waals surface area contributed by atoms with E-state index in [0.29, 0.717) is 5.75 Å². The van der Waals surface area contributed by atoms with Crippen LogP contribution in [0.25, 0.3) is 0 Å². The monoisotopic (exact) mass is 350 g/mol. The molecule has 0 aliphatic heterocycles. The van der Waals surface area contributed by atoms with Crippen molar-refractivity contribution in [3.8, 4) is 0 Å². The highest BCUT2D eigenvalue weighted by molar-refractivity contribution is 9.10. The molecule has 0 aromatic heterocycles.